The SMILES string of the molecule is CCCNC(=O)C1CN(C(=O)CC(C)(C)C)CC1c1ccc(OC)cc1. The number of hydrogen-bond acceptors (Lipinski definition) is 3. The summed E-state index contributed by atoms with van der Waals surface area (Å²) in [4.78, 5) is 27.2. The molecule has 1 saturated heterocycles. The first-order valence-electron chi connectivity index (χ1n) is 9.44. The van der Waals surface area contributed by atoms with Gasteiger partial charge in [0.15, 0.2) is 0 Å². The average Bonchev–Trinajstić information content (AvgIpc) is 3.04. The molecule has 5 nitrogen and oxygen atoms in total. The zero-order chi connectivity index (χ0) is 19.3. The van der Waals surface area contributed by atoms with Gasteiger partial charge in [0, 0.05) is 32.0 Å². The van der Waals surface area contributed by atoms with Crippen molar-refractivity contribution in [3.8, 4) is 5.75 Å². The third-order valence-corrected chi connectivity index (χ3v) is 4.78. The van der Waals surface area contributed by atoms with Gasteiger partial charge >= 0.3 is 0 Å². The summed E-state index contributed by atoms with van der Waals surface area (Å²) in [6.45, 7) is 9.97. The summed E-state index contributed by atoms with van der Waals surface area (Å²) in [5, 5.41) is 3.00. The van der Waals surface area contributed by atoms with Crippen molar-refractivity contribution >= 4 is 11.8 Å². The molecule has 144 valence electrons. The van der Waals surface area contributed by atoms with Crippen LogP contribution >= 0.6 is 0 Å². The van der Waals surface area contributed by atoms with Crippen LogP contribution in [0.4, 0.5) is 0 Å². The smallest absolute Gasteiger partial charge is 0.225 e. The van der Waals surface area contributed by atoms with Crippen LogP contribution in [0, 0.1) is 11.3 Å². The van der Waals surface area contributed by atoms with Crippen LogP contribution in [-0.2, 0) is 9.59 Å². The number of methoxy groups -OCH3 is 1. The number of nitrogens with one attached hydrogen (secondary N) is 1. The highest BCUT2D eigenvalue weighted by Crippen LogP contribution is 2.35. The molecule has 0 saturated carbocycles. The lowest BCUT2D eigenvalue weighted by molar-refractivity contribution is -0.132. The zero-order valence-corrected chi connectivity index (χ0v) is 16.7. The number of carbonyl (C=O) groups is 2. The Kier molecular flexibility index (Phi) is 6.68. The Morgan fingerprint density at radius 3 is 2.38 bits per heavy atom. The number of likely N-dealkylation sites (tertiary alicyclic amines) is 1. The van der Waals surface area contributed by atoms with Crippen molar-refractivity contribution < 1.29 is 14.3 Å². The van der Waals surface area contributed by atoms with Crippen molar-refractivity contribution in [2.24, 2.45) is 11.3 Å². The fourth-order valence-corrected chi connectivity index (χ4v) is 3.41. The van der Waals surface area contributed by atoms with Crippen LogP contribution in [0.5, 0.6) is 5.75 Å². The molecule has 2 atom stereocenters. The predicted molar refractivity (Wildman–Crippen MR) is 103 cm³/mol. The standard InChI is InChI=1S/C21H32N2O3/c1-6-11-22-20(25)18-14-23(19(24)12-21(2,3)4)13-17(18)15-7-9-16(26-5)10-8-15/h7-10,17-18H,6,11-14H2,1-5H3,(H,22,25). The molecule has 1 aliphatic heterocycles. The van der Waals surface area contributed by atoms with Crippen LogP contribution in [0.3, 0.4) is 0 Å². The van der Waals surface area contributed by atoms with E-state index in [1.54, 1.807) is 7.11 Å². The largest absolute Gasteiger partial charge is 0.497 e. The quantitative estimate of drug-likeness (QED) is 0.847. The van der Waals surface area contributed by atoms with E-state index < -0.39 is 0 Å². The van der Waals surface area contributed by atoms with Gasteiger partial charge in [-0.15, -0.1) is 0 Å². The van der Waals surface area contributed by atoms with Crippen LogP contribution in [0.25, 0.3) is 0 Å². The summed E-state index contributed by atoms with van der Waals surface area (Å²) in [7, 11) is 1.64. The summed E-state index contributed by atoms with van der Waals surface area (Å²) in [6.07, 6.45) is 1.39. The monoisotopic (exact) mass is 360 g/mol. The Morgan fingerprint density at radius 2 is 1.85 bits per heavy atom. The fourth-order valence-electron chi connectivity index (χ4n) is 3.41. The molecule has 1 N–H and O–H groups in total. The average molecular weight is 360 g/mol. The molecule has 0 radical (unpaired) electrons. The molecule has 2 amide bonds. The van der Waals surface area contributed by atoms with E-state index >= 15 is 0 Å². The molecular weight excluding hydrogens is 328 g/mol. The Hall–Kier alpha value is -2.04. The first-order valence-corrected chi connectivity index (χ1v) is 9.44. The van der Waals surface area contributed by atoms with Gasteiger partial charge in [0.05, 0.1) is 13.0 Å². The highest BCUT2D eigenvalue weighted by Gasteiger charge is 2.40. The third-order valence-electron chi connectivity index (χ3n) is 4.78. The normalized spacial score (nSPS) is 20.1. The molecule has 0 aromatic heterocycles. The topological polar surface area (TPSA) is 58.6 Å². The Morgan fingerprint density at radius 1 is 1.19 bits per heavy atom. The van der Waals surface area contributed by atoms with E-state index in [9.17, 15) is 9.59 Å². The summed E-state index contributed by atoms with van der Waals surface area (Å²) in [6, 6.07) is 7.83. The minimum atomic E-state index is -0.209. The molecule has 1 fully saturated rings. The third kappa shape index (κ3) is 5.23. The van der Waals surface area contributed by atoms with Gasteiger partial charge < -0.3 is 15.0 Å². The predicted octanol–water partition coefficient (Wildman–Crippen LogP) is 3.20. The Labute approximate surface area is 157 Å². The van der Waals surface area contributed by atoms with E-state index in [2.05, 4.69) is 26.1 Å². The summed E-state index contributed by atoms with van der Waals surface area (Å²) < 4.78 is 5.23. The maximum atomic E-state index is 12.7. The number of carbonyl (C=O) groups excluding carboxylic acids is 2. The first kappa shape index (κ1) is 20.3. The van der Waals surface area contributed by atoms with Crippen molar-refractivity contribution in [2.45, 2.75) is 46.5 Å². The fraction of sp³-hybridized carbons (Fsp3) is 0.619. The molecule has 5 heteroatoms. The van der Waals surface area contributed by atoms with Crippen LogP contribution in [0.15, 0.2) is 24.3 Å². The molecule has 0 bridgehead atoms. The zero-order valence-electron chi connectivity index (χ0n) is 16.7. The number of ether oxygens (including phenoxy) is 1. The van der Waals surface area contributed by atoms with Crippen LogP contribution in [0.1, 0.15) is 52.0 Å². The molecule has 2 unspecified atom stereocenters. The maximum absolute atomic E-state index is 12.7. The van der Waals surface area contributed by atoms with Gasteiger partial charge in [-0.1, -0.05) is 39.8 Å². The van der Waals surface area contributed by atoms with E-state index in [4.69, 9.17) is 4.74 Å². The van der Waals surface area contributed by atoms with Crippen LogP contribution in [0.2, 0.25) is 0 Å². The van der Waals surface area contributed by atoms with Gasteiger partial charge in [0.2, 0.25) is 11.8 Å². The van der Waals surface area contributed by atoms with Crippen molar-refractivity contribution in [3.63, 3.8) is 0 Å². The molecule has 1 aliphatic rings. The number of rotatable bonds is 6. The van der Waals surface area contributed by atoms with Crippen molar-refractivity contribution in [1.29, 1.82) is 0 Å². The lowest BCUT2D eigenvalue weighted by Gasteiger charge is -2.23. The summed E-state index contributed by atoms with van der Waals surface area (Å²) in [5.41, 5.74) is 1.02. The number of benzene rings is 1. The van der Waals surface area contributed by atoms with Crippen LogP contribution in [-0.4, -0.2) is 43.5 Å². The van der Waals surface area contributed by atoms with Gasteiger partial charge in [0.1, 0.15) is 5.75 Å². The molecule has 2 rings (SSSR count). The second-order valence-electron chi connectivity index (χ2n) is 8.31. The minimum absolute atomic E-state index is 0.0154. The first-order chi connectivity index (χ1) is 12.2. The summed E-state index contributed by atoms with van der Waals surface area (Å²) >= 11 is 0. The highest BCUT2D eigenvalue weighted by atomic mass is 16.5. The van der Waals surface area contributed by atoms with Gasteiger partial charge in [-0.25, -0.2) is 0 Å². The van der Waals surface area contributed by atoms with E-state index in [0.29, 0.717) is 26.1 Å². The van der Waals surface area contributed by atoms with E-state index in [0.717, 1.165) is 17.7 Å². The molecule has 0 spiro atoms. The van der Waals surface area contributed by atoms with Gasteiger partial charge in [-0.3, -0.25) is 9.59 Å². The lowest BCUT2D eigenvalue weighted by Crippen LogP contribution is -2.36. The lowest BCUT2D eigenvalue weighted by atomic mass is 9.88. The van der Waals surface area contributed by atoms with Gasteiger partial charge in [-0.2, -0.15) is 0 Å². The molecule has 26 heavy (non-hydrogen) atoms. The molecule has 0 aliphatic carbocycles. The van der Waals surface area contributed by atoms with Crippen molar-refractivity contribution in [3.05, 3.63) is 29.8 Å². The minimum Gasteiger partial charge on any atom is -0.497 e. The second kappa shape index (κ2) is 8.56. The Balaban J connectivity index is 2.20. The molecule has 1 aromatic rings. The molecule has 1 heterocycles. The molecular formula is C21H32N2O3. The Bertz CT molecular complexity index is 619. The maximum Gasteiger partial charge on any atom is 0.225 e. The highest BCUT2D eigenvalue weighted by molar-refractivity contribution is 5.83. The van der Waals surface area contributed by atoms with Gasteiger partial charge in [-0.05, 0) is 29.5 Å². The van der Waals surface area contributed by atoms with E-state index in [-0.39, 0.29) is 29.1 Å². The molecule has 1 aromatic carbocycles. The summed E-state index contributed by atoms with van der Waals surface area (Å²) in [5.74, 6) is 0.764. The van der Waals surface area contributed by atoms with E-state index in [1.165, 1.54) is 0 Å². The second-order valence-corrected chi connectivity index (χ2v) is 8.31. The van der Waals surface area contributed by atoms with Crippen molar-refractivity contribution in [2.75, 3.05) is 26.7 Å². The number of hydrogen-bond donors (Lipinski definition) is 1. The van der Waals surface area contributed by atoms with Crippen molar-refractivity contribution in [1.82, 2.24) is 10.2 Å². The number of amides is 2. The number of nitrogens with zero attached hydrogens (tertiary/aromatic N) is 1. The van der Waals surface area contributed by atoms with Crippen LogP contribution < -0.4 is 10.1 Å². The van der Waals surface area contributed by atoms with Gasteiger partial charge in [0.25, 0.3) is 0 Å². The van der Waals surface area contributed by atoms with E-state index in [1.807, 2.05) is 36.1 Å².